The quantitative estimate of drug-likeness (QED) is 0.656. The van der Waals surface area contributed by atoms with Crippen LogP contribution in [0, 0.1) is 15.5 Å². The predicted octanol–water partition coefficient (Wildman–Crippen LogP) is 3.70. The third kappa shape index (κ3) is 3.53. The summed E-state index contributed by atoms with van der Waals surface area (Å²) in [6, 6.07) is 2.80. The van der Waals surface area contributed by atoms with Gasteiger partial charge in [-0.1, -0.05) is 30.1 Å². The Morgan fingerprint density at radius 1 is 1.45 bits per heavy atom. The number of nitro groups is 1. The lowest BCUT2D eigenvalue weighted by molar-refractivity contribution is -0.383. The molecule has 5 nitrogen and oxygen atoms in total. The maximum atomic E-state index is 11.1. The second-order valence-electron chi connectivity index (χ2n) is 5.49. The Kier molecular flexibility index (Phi) is 4.73. The molecule has 7 heteroatoms. The third-order valence-corrected chi connectivity index (χ3v) is 4.35. The van der Waals surface area contributed by atoms with E-state index in [-0.39, 0.29) is 16.1 Å². The zero-order valence-electron chi connectivity index (χ0n) is 11.2. The molecule has 1 aliphatic rings. The van der Waals surface area contributed by atoms with Crippen LogP contribution in [0.3, 0.4) is 0 Å². The van der Waals surface area contributed by atoms with Gasteiger partial charge in [0.25, 0.3) is 5.69 Å². The Labute approximate surface area is 127 Å². The minimum absolute atomic E-state index is 0.0493. The van der Waals surface area contributed by atoms with E-state index in [0.29, 0.717) is 17.3 Å². The molecule has 2 rings (SSSR count). The zero-order chi connectivity index (χ0) is 14.8. The van der Waals surface area contributed by atoms with Gasteiger partial charge in [-0.3, -0.25) is 10.1 Å². The van der Waals surface area contributed by atoms with Crippen molar-refractivity contribution in [1.82, 2.24) is 5.32 Å². The fraction of sp³-hybridized carbons (Fsp3) is 0.538. The maximum Gasteiger partial charge on any atom is 0.293 e. The van der Waals surface area contributed by atoms with Gasteiger partial charge in [0.15, 0.2) is 0 Å². The van der Waals surface area contributed by atoms with Gasteiger partial charge in [0.2, 0.25) is 0 Å². The van der Waals surface area contributed by atoms with E-state index in [0.717, 1.165) is 25.9 Å². The van der Waals surface area contributed by atoms with Crippen molar-refractivity contribution in [2.45, 2.75) is 19.8 Å². The van der Waals surface area contributed by atoms with E-state index >= 15 is 0 Å². The number of hydrogen-bond acceptors (Lipinski definition) is 4. The van der Waals surface area contributed by atoms with Crippen LogP contribution in [0.15, 0.2) is 12.1 Å². The average Bonchev–Trinajstić information content (AvgIpc) is 2.40. The highest BCUT2D eigenvalue weighted by molar-refractivity contribution is 6.42. The molecule has 1 atom stereocenters. The standard InChI is InChI=1S/C13H17Cl2N3O2/c1-13(3-2-4-16-7-13)8-17-11-5-9(14)10(15)6-12(11)18(19)20/h5-6,16-17H,2-4,7-8H2,1H3. The van der Waals surface area contributed by atoms with Crippen LogP contribution in [-0.4, -0.2) is 24.6 Å². The van der Waals surface area contributed by atoms with Gasteiger partial charge in [0.05, 0.1) is 15.0 Å². The van der Waals surface area contributed by atoms with Crippen LogP contribution in [-0.2, 0) is 0 Å². The summed E-state index contributed by atoms with van der Waals surface area (Å²) in [7, 11) is 0. The van der Waals surface area contributed by atoms with Gasteiger partial charge in [0, 0.05) is 19.2 Å². The molecule has 0 amide bonds. The van der Waals surface area contributed by atoms with E-state index in [1.807, 2.05) is 0 Å². The first-order valence-corrected chi connectivity index (χ1v) is 7.25. The lowest BCUT2D eigenvalue weighted by atomic mass is 9.83. The van der Waals surface area contributed by atoms with Crippen LogP contribution in [0.1, 0.15) is 19.8 Å². The number of anilines is 1. The number of halogens is 2. The molecule has 1 aromatic rings. The minimum atomic E-state index is -0.452. The van der Waals surface area contributed by atoms with E-state index in [9.17, 15) is 10.1 Å². The Morgan fingerprint density at radius 3 is 2.75 bits per heavy atom. The van der Waals surface area contributed by atoms with Gasteiger partial charge in [-0.25, -0.2) is 0 Å². The lowest BCUT2D eigenvalue weighted by Crippen LogP contribution is -2.42. The number of hydrogen-bond donors (Lipinski definition) is 2. The topological polar surface area (TPSA) is 67.2 Å². The molecule has 1 unspecified atom stereocenters. The highest BCUT2D eigenvalue weighted by Gasteiger charge is 2.27. The molecule has 0 spiro atoms. The van der Waals surface area contributed by atoms with Gasteiger partial charge in [-0.2, -0.15) is 0 Å². The Morgan fingerprint density at radius 2 is 2.15 bits per heavy atom. The average molecular weight is 318 g/mol. The summed E-state index contributed by atoms with van der Waals surface area (Å²) in [5, 5.41) is 18.1. The van der Waals surface area contributed by atoms with Gasteiger partial charge < -0.3 is 10.6 Å². The number of benzene rings is 1. The third-order valence-electron chi connectivity index (χ3n) is 3.63. The summed E-state index contributed by atoms with van der Waals surface area (Å²) in [5.41, 5.74) is 0.445. The molecular weight excluding hydrogens is 301 g/mol. The second-order valence-corrected chi connectivity index (χ2v) is 6.30. The highest BCUT2D eigenvalue weighted by atomic mass is 35.5. The lowest BCUT2D eigenvalue weighted by Gasteiger charge is -2.34. The Hall–Kier alpha value is -1.04. The van der Waals surface area contributed by atoms with Crippen LogP contribution in [0.2, 0.25) is 10.0 Å². The second kappa shape index (κ2) is 6.16. The summed E-state index contributed by atoms with van der Waals surface area (Å²) in [5.74, 6) is 0. The summed E-state index contributed by atoms with van der Waals surface area (Å²) in [6.07, 6.45) is 2.20. The van der Waals surface area contributed by atoms with Crippen molar-refractivity contribution in [3.63, 3.8) is 0 Å². The monoisotopic (exact) mass is 317 g/mol. The first-order valence-electron chi connectivity index (χ1n) is 6.49. The molecule has 0 radical (unpaired) electrons. The maximum absolute atomic E-state index is 11.1. The number of nitrogens with zero attached hydrogens (tertiary/aromatic N) is 1. The van der Waals surface area contributed by atoms with Gasteiger partial charge in [-0.05, 0) is 30.9 Å². The molecule has 1 fully saturated rings. The summed E-state index contributed by atoms with van der Waals surface area (Å²) >= 11 is 11.8. The molecule has 1 aliphatic heterocycles. The predicted molar refractivity (Wildman–Crippen MR) is 81.8 cm³/mol. The summed E-state index contributed by atoms with van der Waals surface area (Å²) < 4.78 is 0. The molecule has 0 saturated carbocycles. The van der Waals surface area contributed by atoms with Gasteiger partial charge in [0.1, 0.15) is 5.69 Å². The van der Waals surface area contributed by atoms with Crippen LogP contribution < -0.4 is 10.6 Å². The fourth-order valence-electron chi connectivity index (χ4n) is 2.41. The molecule has 110 valence electrons. The summed E-state index contributed by atoms with van der Waals surface area (Å²) in [4.78, 5) is 10.6. The fourth-order valence-corrected chi connectivity index (χ4v) is 2.73. The van der Waals surface area contributed by atoms with Crippen LogP contribution in [0.4, 0.5) is 11.4 Å². The van der Waals surface area contributed by atoms with E-state index in [4.69, 9.17) is 23.2 Å². The molecule has 1 aromatic carbocycles. The zero-order valence-corrected chi connectivity index (χ0v) is 12.7. The molecule has 0 aromatic heterocycles. The van der Waals surface area contributed by atoms with E-state index in [1.165, 1.54) is 12.1 Å². The van der Waals surface area contributed by atoms with Gasteiger partial charge in [-0.15, -0.1) is 0 Å². The van der Waals surface area contributed by atoms with Crippen LogP contribution in [0.5, 0.6) is 0 Å². The van der Waals surface area contributed by atoms with E-state index < -0.39 is 4.92 Å². The molecule has 1 saturated heterocycles. The molecule has 2 N–H and O–H groups in total. The number of nitrogens with one attached hydrogen (secondary N) is 2. The number of nitro benzene ring substituents is 1. The van der Waals surface area contributed by atoms with Crippen molar-refractivity contribution >= 4 is 34.6 Å². The first kappa shape index (κ1) is 15.4. The minimum Gasteiger partial charge on any atom is -0.379 e. The Balaban J connectivity index is 2.16. The molecule has 0 bridgehead atoms. The van der Waals surface area contributed by atoms with Crippen LogP contribution >= 0.6 is 23.2 Å². The summed E-state index contributed by atoms with van der Waals surface area (Å²) in [6.45, 7) is 4.74. The molecule has 1 heterocycles. The molecule has 20 heavy (non-hydrogen) atoms. The SMILES string of the molecule is CC1(CNc2cc(Cl)c(Cl)cc2[N+](=O)[O-])CCCNC1. The van der Waals surface area contributed by atoms with Crippen molar-refractivity contribution in [1.29, 1.82) is 0 Å². The molecule has 0 aliphatic carbocycles. The van der Waals surface area contributed by atoms with Gasteiger partial charge >= 0.3 is 0 Å². The Bertz CT molecular complexity index is 517. The number of rotatable bonds is 4. The van der Waals surface area contributed by atoms with Crippen molar-refractivity contribution in [2.75, 3.05) is 25.0 Å². The van der Waals surface area contributed by atoms with E-state index in [1.54, 1.807) is 0 Å². The highest BCUT2D eigenvalue weighted by Crippen LogP contribution is 2.35. The normalized spacial score (nSPS) is 22.6. The van der Waals surface area contributed by atoms with Crippen molar-refractivity contribution in [2.24, 2.45) is 5.41 Å². The van der Waals surface area contributed by atoms with Crippen molar-refractivity contribution in [3.8, 4) is 0 Å². The first-order chi connectivity index (χ1) is 9.41. The molecular formula is C13H17Cl2N3O2. The van der Waals surface area contributed by atoms with E-state index in [2.05, 4.69) is 17.6 Å². The van der Waals surface area contributed by atoms with Crippen molar-refractivity contribution in [3.05, 3.63) is 32.3 Å². The smallest absolute Gasteiger partial charge is 0.293 e. The van der Waals surface area contributed by atoms with Crippen molar-refractivity contribution < 1.29 is 4.92 Å². The largest absolute Gasteiger partial charge is 0.379 e. The van der Waals surface area contributed by atoms with Crippen LogP contribution in [0.25, 0.3) is 0 Å². The number of piperidine rings is 1.